The van der Waals surface area contributed by atoms with Crippen LogP contribution < -0.4 is 0 Å². The van der Waals surface area contributed by atoms with Crippen LogP contribution in [0.5, 0.6) is 0 Å². The van der Waals surface area contributed by atoms with Gasteiger partial charge < -0.3 is 14.3 Å². The van der Waals surface area contributed by atoms with Crippen LogP contribution in [-0.2, 0) is 14.3 Å². The molecule has 1 amide bonds. The summed E-state index contributed by atoms with van der Waals surface area (Å²) in [4.78, 5) is 36.4. The van der Waals surface area contributed by atoms with Crippen LogP contribution in [0.4, 0.5) is 4.79 Å². The fraction of sp³-hybridized carbons (Fsp3) is 0.471. The van der Waals surface area contributed by atoms with Gasteiger partial charge in [0, 0.05) is 7.05 Å². The van der Waals surface area contributed by atoms with Crippen molar-refractivity contribution in [1.29, 1.82) is 0 Å². The normalized spacial score (nSPS) is 12.3. The van der Waals surface area contributed by atoms with Gasteiger partial charge in [0.15, 0.2) is 0 Å². The van der Waals surface area contributed by atoms with Crippen molar-refractivity contribution in [2.75, 3.05) is 14.2 Å². The molecule has 0 aliphatic carbocycles. The van der Waals surface area contributed by atoms with E-state index in [4.69, 9.17) is 9.47 Å². The average molecular weight is 321 g/mol. The van der Waals surface area contributed by atoms with E-state index in [0.29, 0.717) is 23.0 Å². The molecule has 1 unspecified atom stereocenters. The zero-order valence-electron chi connectivity index (χ0n) is 14.4. The number of hydrogen-bond acceptors (Lipinski definition) is 5. The molecule has 126 valence electrons. The maximum Gasteiger partial charge on any atom is 0.410 e. The van der Waals surface area contributed by atoms with Crippen LogP contribution in [0.1, 0.15) is 48.3 Å². The first kappa shape index (κ1) is 18.7. The second kappa shape index (κ2) is 7.26. The summed E-state index contributed by atoms with van der Waals surface area (Å²) in [5.41, 5.74) is 1.03. The highest BCUT2D eigenvalue weighted by Gasteiger charge is 2.26. The molecule has 6 nitrogen and oxygen atoms in total. The van der Waals surface area contributed by atoms with Crippen molar-refractivity contribution < 1.29 is 23.9 Å². The minimum Gasteiger partial charge on any atom is -0.465 e. The fourth-order valence-corrected chi connectivity index (χ4v) is 2.05. The molecule has 0 heterocycles. The highest BCUT2D eigenvalue weighted by molar-refractivity contribution is 5.91. The van der Waals surface area contributed by atoms with Crippen LogP contribution in [0.25, 0.3) is 0 Å². The molecule has 0 fully saturated rings. The van der Waals surface area contributed by atoms with Crippen molar-refractivity contribution in [2.24, 2.45) is 0 Å². The van der Waals surface area contributed by atoms with E-state index in [2.05, 4.69) is 0 Å². The number of rotatable bonds is 4. The molecule has 0 aromatic heterocycles. The van der Waals surface area contributed by atoms with Crippen molar-refractivity contribution in [3.63, 3.8) is 0 Å². The van der Waals surface area contributed by atoms with E-state index in [0.717, 1.165) is 0 Å². The first-order chi connectivity index (χ1) is 10.6. The van der Waals surface area contributed by atoms with E-state index in [1.165, 1.54) is 19.1 Å². The van der Waals surface area contributed by atoms with Gasteiger partial charge in [0.05, 0.1) is 12.7 Å². The number of methoxy groups -OCH3 is 1. The van der Waals surface area contributed by atoms with E-state index < -0.39 is 23.7 Å². The Morgan fingerprint density at radius 1 is 1.26 bits per heavy atom. The topological polar surface area (TPSA) is 72.9 Å². The van der Waals surface area contributed by atoms with Gasteiger partial charge in [0.2, 0.25) is 0 Å². The summed E-state index contributed by atoms with van der Waals surface area (Å²) in [5.74, 6) is -0.447. The Bertz CT molecular complexity index is 603. The molecule has 0 bridgehead atoms. The Balaban J connectivity index is 3.06. The molecule has 6 heteroatoms. The van der Waals surface area contributed by atoms with Gasteiger partial charge in [-0.05, 0) is 44.9 Å². The number of likely N-dealkylation sites (N-methyl/N-ethyl adjacent to an activating group) is 1. The van der Waals surface area contributed by atoms with Gasteiger partial charge >= 0.3 is 12.1 Å². The van der Waals surface area contributed by atoms with Gasteiger partial charge in [0.1, 0.15) is 17.9 Å². The third kappa shape index (κ3) is 4.81. The van der Waals surface area contributed by atoms with Gasteiger partial charge in [-0.3, -0.25) is 4.90 Å². The Hall–Kier alpha value is -2.37. The lowest BCUT2D eigenvalue weighted by molar-refractivity contribution is -0.112. The van der Waals surface area contributed by atoms with E-state index in [1.54, 1.807) is 45.9 Å². The molecule has 0 aliphatic rings. The summed E-state index contributed by atoms with van der Waals surface area (Å²) in [5, 5.41) is 0. The fourth-order valence-electron chi connectivity index (χ4n) is 2.05. The largest absolute Gasteiger partial charge is 0.465 e. The van der Waals surface area contributed by atoms with Crippen LogP contribution in [0, 0.1) is 6.92 Å². The molecule has 1 rings (SSSR count). The Morgan fingerprint density at radius 3 is 2.30 bits per heavy atom. The zero-order valence-corrected chi connectivity index (χ0v) is 14.4. The van der Waals surface area contributed by atoms with Crippen molar-refractivity contribution in [3.05, 3.63) is 34.9 Å². The standard InChI is InChI=1S/C17H23NO5/c1-11-9-12(7-8-13(11)15(20)22-6)14(10-19)18(5)16(21)23-17(2,3)4/h7-10,14H,1-6H3. The van der Waals surface area contributed by atoms with E-state index >= 15 is 0 Å². The third-order valence-electron chi connectivity index (χ3n) is 3.22. The number of aryl methyl sites for hydroxylation is 1. The van der Waals surface area contributed by atoms with E-state index in [-0.39, 0.29) is 0 Å². The summed E-state index contributed by atoms with van der Waals surface area (Å²) in [7, 11) is 2.80. The monoisotopic (exact) mass is 321 g/mol. The van der Waals surface area contributed by atoms with Crippen LogP contribution in [0.3, 0.4) is 0 Å². The molecule has 0 N–H and O–H groups in total. The third-order valence-corrected chi connectivity index (χ3v) is 3.22. The highest BCUT2D eigenvalue weighted by atomic mass is 16.6. The van der Waals surface area contributed by atoms with Gasteiger partial charge in [-0.25, -0.2) is 9.59 Å². The van der Waals surface area contributed by atoms with Crippen LogP contribution in [-0.4, -0.2) is 43.0 Å². The minimum absolute atomic E-state index is 0.417. The van der Waals surface area contributed by atoms with E-state index in [9.17, 15) is 14.4 Å². The molecule has 1 atom stereocenters. The predicted octanol–water partition coefficient (Wildman–Crippen LogP) is 2.89. The number of carbonyl (C=O) groups excluding carboxylic acids is 3. The number of carbonyl (C=O) groups is 3. The zero-order chi connectivity index (χ0) is 17.8. The molecule has 0 saturated heterocycles. The first-order valence-electron chi connectivity index (χ1n) is 7.20. The van der Waals surface area contributed by atoms with E-state index in [1.807, 2.05) is 0 Å². The number of aldehydes is 1. The van der Waals surface area contributed by atoms with Gasteiger partial charge in [-0.1, -0.05) is 12.1 Å². The predicted molar refractivity (Wildman–Crippen MR) is 85.3 cm³/mol. The van der Waals surface area contributed by atoms with Crippen molar-refractivity contribution >= 4 is 18.3 Å². The molecule has 1 aromatic rings. The molecule has 0 spiro atoms. The number of hydrogen-bond donors (Lipinski definition) is 0. The van der Waals surface area contributed by atoms with Crippen LogP contribution >= 0.6 is 0 Å². The quantitative estimate of drug-likeness (QED) is 0.630. The van der Waals surface area contributed by atoms with Crippen molar-refractivity contribution in [3.8, 4) is 0 Å². The van der Waals surface area contributed by atoms with Gasteiger partial charge in [-0.15, -0.1) is 0 Å². The molecule has 0 saturated carbocycles. The second-order valence-corrected chi connectivity index (χ2v) is 6.24. The van der Waals surface area contributed by atoms with Crippen molar-refractivity contribution in [2.45, 2.75) is 39.3 Å². The molecular formula is C17H23NO5. The summed E-state index contributed by atoms with van der Waals surface area (Å²) in [6, 6.07) is 4.09. The lowest BCUT2D eigenvalue weighted by Crippen LogP contribution is -2.37. The number of ether oxygens (including phenoxy) is 2. The Morgan fingerprint density at radius 2 is 1.87 bits per heavy atom. The maximum atomic E-state index is 12.1. The number of benzene rings is 1. The summed E-state index contributed by atoms with van der Waals surface area (Å²) in [6.45, 7) is 7.00. The van der Waals surface area contributed by atoms with Crippen LogP contribution in [0.2, 0.25) is 0 Å². The summed E-state index contributed by atoms with van der Waals surface area (Å²) >= 11 is 0. The Kier molecular flexibility index (Phi) is 5.90. The summed E-state index contributed by atoms with van der Waals surface area (Å²) < 4.78 is 9.96. The second-order valence-electron chi connectivity index (χ2n) is 6.24. The SMILES string of the molecule is COC(=O)c1ccc(C(C=O)N(C)C(=O)OC(C)(C)C)cc1C. The van der Waals surface area contributed by atoms with Gasteiger partial charge in [0.25, 0.3) is 0 Å². The number of nitrogens with zero attached hydrogens (tertiary/aromatic N) is 1. The maximum absolute atomic E-state index is 12.1. The molecule has 1 aromatic carbocycles. The van der Waals surface area contributed by atoms with Crippen molar-refractivity contribution in [1.82, 2.24) is 4.90 Å². The number of esters is 1. The smallest absolute Gasteiger partial charge is 0.410 e. The molecule has 0 aliphatic heterocycles. The minimum atomic E-state index is -0.796. The lowest BCUT2D eigenvalue weighted by Gasteiger charge is -2.28. The summed E-state index contributed by atoms with van der Waals surface area (Å²) in [6.07, 6.45) is 0.0700. The molecular weight excluding hydrogens is 298 g/mol. The first-order valence-corrected chi connectivity index (χ1v) is 7.20. The average Bonchev–Trinajstić information content (AvgIpc) is 2.45. The Labute approximate surface area is 136 Å². The van der Waals surface area contributed by atoms with Crippen LogP contribution in [0.15, 0.2) is 18.2 Å². The highest BCUT2D eigenvalue weighted by Crippen LogP contribution is 2.23. The molecule has 0 radical (unpaired) electrons. The molecule has 23 heavy (non-hydrogen) atoms. The van der Waals surface area contributed by atoms with Gasteiger partial charge in [-0.2, -0.15) is 0 Å². The number of amides is 1. The lowest BCUT2D eigenvalue weighted by atomic mass is 10.0.